The zero-order valence-corrected chi connectivity index (χ0v) is 12.0. The summed E-state index contributed by atoms with van der Waals surface area (Å²) in [5.41, 5.74) is 5.30. The second-order valence-corrected chi connectivity index (χ2v) is 4.81. The van der Waals surface area contributed by atoms with Gasteiger partial charge in [-0.3, -0.25) is 9.59 Å². The van der Waals surface area contributed by atoms with Crippen LogP contribution in [-0.2, 0) is 9.59 Å². The number of hydrogen-bond donors (Lipinski definition) is 2. The highest BCUT2D eigenvalue weighted by Gasteiger charge is 2.35. The van der Waals surface area contributed by atoms with Crippen molar-refractivity contribution >= 4 is 24.2 Å². The number of hydrogen-bond acceptors (Lipinski definition) is 3. The van der Waals surface area contributed by atoms with Crippen LogP contribution in [0.25, 0.3) is 0 Å². The van der Waals surface area contributed by atoms with E-state index >= 15 is 0 Å². The summed E-state index contributed by atoms with van der Waals surface area (Å²) in [4.78, 5) is 25.0. The standard InChI is InChI=1S/C12H23N3O2.ClH/c1-3-15(2)10(16)9-14-11(17)12(13)7-5-4-6-8-12;/h3-9,13H2,1-2H3,(H,14,17);1H. The Morgan fingerprint density at radius 3 is 2.33 bits per heavy atom. The minimum atomic E-state index is -0.761. The van der Waals surface area contributed by atoms with Gasteiger partial charge in [0.05, 0.1) is 12.1 Å². The quantitative estimate of drug-likeness (QED) is 0.793. The van der Waals surface area contributed by atoms with Crippen LogP contribution in [0.2, 0.25) is 0 Å². The highest BCUT2D eigenvalue weighted by molar-refractivity contribution is 5.90. The van der Waals surface area contributed by atoms with Gasteiger partial charge in [-0.15, -0.1) is 12.4 Å². The number of carbonyl (C=O) groups excluding carboxylic acids is 2. The van der Waals surface area contributed by atoms with Crippen molar-refractivity contribution < 1.29 is 9.59 Å². The van der Waals surface area contributed by atoms with E-state index in [-0.39, 0.29) is 30.8 Å². The molecule has 0 aliphatic heterocycles. The summed E-state index contributed by atoms with van der Waals surface area (Å²) < 4.78 is 0. The SMILES string of the molecule is CCN(C)C(=O)CNC(=O)C1(N)CCCCC1.Cl. The Kier molecular flexibility index (Phi) is 7.25. The summed E-state index contributed by atoms with van der Waals surface area (Å²) in [6.45, 7) is 2.58. The van der Waals surface area contributed by atoms with Gasteiger partial charge in [0.15, 0.2) is 0 Å². The molecule has 0 atom stereocenters. The molecule has 0 aromatic carbocycles. The van der Waals surface area contributed by atoms with E-state index in [4.69, 9.17) is 5.73 Å². The Balaban J connectivity index is 0.00000289. The van der Waals surface area contributed by atoms with E-state index in [0.29, 0.717) is 6.54 Å². The highest BCUT2D eigenvalue weighted by atomic mass is 35.5. The molecule has 0 heterocycles. The monoisotopic (exact) mass is 277 g/mol. The molecule has 1 saturated carbocycles. The maximum absolute atomic E-state index is 11.9. The normalized spacial score (nSPS) is 17.5. The summed E-state index contributed by atoms with van der Waals surface area (Å²) in [7, 11) is 1.72. The van der Waals surface area contributed by atoms with Gasteiger partial charge in [-0.1, -0.05) is 19.3 Å². The van der Waals surface area contributed by atoms with Crippen molar-refractivity contribution in [2.24, 2.45) is 5.73 Å². The molecule has 5 nitrogen and oxygen atoms in total. The van der Waals surface area contributed by atoms with Gasteiger partial charge < -0.3 is 16.0 Å². The largest absolute Gasteiger partial charge is 0.345 e. The molecule has 0 bridgehead atoms. The van der Waals surface area contributed by atoms with Crippen molar-refractivity contribution in [3.63, 3.8) is 0 Å². The summed E-state index contributed by atoms with van der Waals surface area (Å²) in [5.74, 6) is -0.268. The van der Waals surface area contributed by atoms with E-state index in [9.17, 15) is 9.59 Å². The van der Waals surface area contributed by atoms with Gasteiger partial charge in [0, 0.05) is 13.6 Å². The fourth-order valence-corrected chi connectivity index (χ4v) is 2.05. The Morgan fingerprint density at radius 1 is 1.28 bits per heavy atom. The topological polar surface area (TPSA) is 75.4 Å². The summed E-state index contributed by atoms with van der Waals surface area (Å²) in [6.07, 6.45) is 4.57. The average molecular weight is 278 g/mol. The van der Waals surface area contributed by atoms with Crippen LogP contribution >= 0.6 is 12.4 Å². The Labute approximate surface area is 115 Å². The molecule has 0 saturated heterocycles. The number of nitrogens with zero attached hydrogens (tertiary/aromatic N) is 1. The average Bonchev–Trinajstić information content (AvgIpc) is 2.35. The van der Waals surface area contributed by atoms with Crippen LogP contribution in [-0.4, -0.2) is 42.4 Å². The number of halogens is 1. The maximum atomic E-state index is 11.9. The number of amides is 2. The van der Waals surface area contributed by atoms with Gasteiger partial charge in [0.25, 0.3) is 0 Å². The third-order valence-electron chi connectivity index (χ3n) is 3.50. The number of nitrogens with two attached hydrogens (primary N) is 1. The second kappa shape index (κ2) is 7.59. The van der Waals surface area contributed by atoms with Crippen LogP contribution in [0.4, 0.5) is 0 Å². The molecule has 0 unspecified atom stereocenters. The lowest BCUT2D eigenvalue weighted by Crippen LogP contribution is -2.56. The van der Waals surface area contributed by atoms with Crippen molar-refractivity contribution in [1.29, 1.82) is 0 Å². The van der Waals surface area contributed by atoms with Crippen molar-refractivity contribution in [3.05, 3.63) is 0 Å². The predicted octanol–water partition coefficient (Wildman–Crippen LogP) is 0.664. The van der Waals surface area contributed by atoms with E-state index in [2.05, 4.69) is 5.32 Å². The molecule has 1 fully saturated rings. The maximum Gasteiger partial charge on any atom is 0.241 e. The Hall–Kier alpha value is -0.810. The van der Waals surface area contributed by atoms with Crippen molar-refractivity contribution in [3.8, 4) is 0 Å². The molecule has 0 aromatic rings. The van der Waals surface area contributed by atoms with E-state index < -0.39 is 5.54 Å². The molecule has 1 aliphatic carbocycles. The number of likely N-dealkylation sites (N-methyl/N-ethyl adjacent to an activating group) is 1. The first kappa shape index (κ1) is 17.2. The molecule has 18 heavy (non-hydrogen) atoms. The van der Waals surface area contributed by atoms with Gasteiger partial charge >= 0.3 is 0 Å². The third kappa shape index (κ3) is 4.46. The molecule has 0 radical (unpaired) electrons. The first-order valence-electron chi connectivity index (χ1n) is 6.31. The molecule has 0 spiro atoms. The van der Waals surface area contributed by atoms with E-state index in [0.717, 1.165) is 32.1 Å². The van der Waals surface area contributed by atoms with Gasteiger partial charge in [-0.2, -0.15) is 0 Å². The van der Waals surface area contributed by atoms with E-state index in [1.807, 2.05) is 6.92 Å². The molecule has 106 valence electrons. The highest BCUT2D eigenvalue weighted by Crippen LogP contribution is 2.25. The zero-order chi connectivity index (χ0) is 12.9. The Morgan fingerprint density at radius 2 is 1.83 bits per heavy atom. The van der Waals surface area contributed by atoms with Gasteiger partial charge in [-0.05, 0) is 19.8 Å². The minimum Gasteiger partial charge on any atom is -0.345 e. The minimum absolute atomic E-state index is 0. The first-order valence-corrected chi connectivity index (χ1v) is 6.31. The summed E-state index contributed by atoms with van der Waals surface area (Å²) in [6, 6.07) is 0. The molecular formula is C12H24ClN3O2. The molecule has 1 aliphatic rings. The molecule has 6 heteroatoms. The molecule has 2 amide bonds. The fraction of sp³-hybridized carbons (Fsp3) is 0.833. The molecule has 3 N–H and O–H groups in total. The van der Waals surface area contributed by atoms with Crippen molar-refractivity contribution in [2.75, 3.05) is 20.1 Å². The summed E-state index contributed by atoms with van der Waals surface area (Å²) >= 11 is 0. The van der Waals surface area contributed by atoms with E-state index in [1.165, 1.54) is 0 Å². The lowest BCUT2D eigenvalue weighted by Gasteiger charge is -2.31. The van der Waals surface area contributed by atoms with Crippen LogP contribution in [0.3, 0.4) is 0 Å². The van der Waals surface area contributed by atoms with Gasteiger partial charge in [0.1, 0.15) is 0 Å². The second-order valence-electron chi connectivity index (χ2n) is 4.81. The predicted molar refractivity (Wildman–Crippen MR) is 73.6 cm³/mol. The van der Waals surface area contributed by atoms with Crippen LogP contribution in [0, 0.1) is 0 Å². The number of nitrogens with one attached hydrogen (secondary N) is 1. The molecular weight excluding hydrogens is 254 g/mol. The van der Waals surface area contributed by atoms with E-state index in [1.54, 1.807) is 11.9 Å². The van der Waals surface area contributed by atoms with Crippen LogP contribution < -0.4 is 11.1 Å². The van der Waals surface area contributed by atoms with Crippen LogP contribution in [0.15, 0.2) is 0 Å². The van der Waals surface area contributed by atoms with Crippen molar-refractivity contribution in [2.45, 2.75) is 44.6 Å². The van der Waals surface area contributed by atoms with Crippen molar-refractivity contribution in [1.82, 2.24) is 10.2 Å². The molecule has 0 aromatic heterocycles. The van der Waals surface area contributed by atoms with Crippen LogP contribution in [0.5, 0.6) is 0 Å². The smallest absolute Gasteiger partial charge is 0.241 e. The lowest BCUT2D eigenvalue weighted by atomic mass is 9.82. The fourth-order valence-electron chi connectivity index (χ4n) is 2.05. The third-order valence-corrected chi connectivity index (χ3v) is 3.50. The number of rotatable bonds is 4. The zero-order valence-electron chi connectivity index (χ0n) is 11.2. The van der Waals surface area contributed by atoms with Gasteiger partial charge in [0.2, 0.25) is 11.8 Å². The van der Waals surface area contributed by atoms with Gasteiger partial charge in [-0.25, -0.2) is 0 Å². The molecule has 1 rings (SSSR count). The van der Waals surface area contributed by atoms with Crippen LogP contribution in [0.1, 0.15) is 39.0 Å². The number of carbonyl (C=O) groups is 2. The Bertz CT molecular complexity index is 291. The first-order chi connectivity index (χ1) is 7.99. The summed E-state index contributed by atoms with van der Waals surface area (Å²) in [5, 5.41) is 2.65. The lowest BCUT2D eigenvalue weighted by molar-refractivity contribution is -0.133.